The Hall–Kier alpha value is -3.82. The van der Waals surface area contributed by atoms with Crippen LogP contribution in [-0.2, 0) is 6.18 Å². The number of methoxy groups -OCH3 is 2. The van der Waals surface area contributed by atoms with Crippen molar-refractivity contribution in [2.45, 2.75) is 24.9 Å². The fourth-order valence-electron chi connectivity index (χ4n) is 4.28. The number of piperidine rings is 1. The predicted molar refractivity (Wildman–Crippen MR) is 124 cm³/mol. The maximum atomic E-state index is 13.1. The number of nitrogens with zero attached hydrogens (tertiary/aromatic N) is 3. The number of anilines is 1. The minimum Gasteiger partial charge on any atom is -0.496 e. The van der Waals surface area contributed by atoms with E-state index in [1.165, 1.54) is 31.5 Å². The maximum Gasteiger partial charge on any atom is 0.416 e. The van der Waals surface area contributed by atoms with E-state index in [0.29, 0.717) is 41.5 Å². The van der Waals surface area contributed by atoms with Crippen molar-refractivity contribution in [1.29, 1.82) is 0 Å². The molecule has 0 aliphatic carbocycles. The van der Waals surface area contributed by atoms with Crippen LogP contribution in [0, 0.1) is 0 Å². The Balaban J connectivity index is 1.48. The first-order valence-corrected chi connectivity index (χ1v) is 11.0. The molecule has 1 aromatic carbocycles. The van der Waals surface area contributed by atoms with E-state index in [-0.39, 0.29) is 17.5 Å². The standard InChI is InChI=1S/C25H25F3N4O3/c1-34-21-11-20(30-13-18(21)15-3-5-17(6-4-15)25(26,27)28)24(33)32-9-7-16(8-10-32)19-14-31-23(29)12-22(19)35-2/h3-6,11-14,16H,7-10H2,1-2H3,(H2,29,31). The highest BCUT2D eigenvalue weighted by Crippen LogP contribution is 2.36. The quantitative estimate of drug-likeness (QED) is 0.558. The third kappa shape index (κ3) is 5.16. The van der Waals surface area contributed by atoms with Crippen LogP contribution in [0.5, 0.6) is 11.5 Å². The van der Waals surface area contributed by atoms with Gasteiger partial charge in [-0.1, -0.05) is 12.1 Å². The monoisotopic (exact) mass is 486 g/mol. The van der Waals surface area contributed by atoms with Crippen molar-refractivity contribution in [2.24, 2.45) is 0 Å². The molecule has 4 rings (SSSR count). The molecule has 1 aliphatic rings. The van der Waals surface area contributed by atoms with Gasteiger partial charge in [0.05, 0.1) is 19.8 Å². The summed E-state index contributed by atoms with van der Waals surface area (Å²) in [7, 11) is 3.03. The fraction of sp³-hybridized carbons (Fsp3) is 0.320. The molecule has 1 amide bonds. The number of rotatable bonds is 5. The van der Waals surface area contributed by atoms with Gasteiger partial charge in [0, 0.05) is 48.7 Å². The van der Waals surface area contributed by atoms with Crippen molar-refractivity contribution in [3.05, 3.63) is 65.6 Å². The number of likely N-dealkylation sites (tertiary alicyclic amines) is 1. The zero-order valence-corrected chi connectivity index (χ0v) is 19.3. The van der Waals surface area contributed by atoms with Gasteiger partial charge in [-0.3, -0.25) is 9.78 Å². The van der Waals surface area contributed by atoms with Crippen molar-refractivity contribution in [3.8, 4) is 22.6 Å². The highest BCUT2D eigenvalue weighted by Gasteiger charge is 2.30. The van der Waals surface area contributed by atoms with E-state index in [1.807, 2.05) is 0 Å². The number of pyridine rings is 2. The van der Waals surface area contributed by atoms with Gasteiger partial charge in [0.2, 0.25) is 0 Å². The lowest BCUT2D eigenvalue weighted by Crippen LogP contribution is -2.38. The van der Waals surface area contributed by atoms with Crippen molar-refractivity contribution < 1.29 is 27.4 Å². The minimum absolute atomic E-state index is 0.187. The summed E-state index contributed by atoms with van der Waals surface area (Å²) < 4.78 is 49.5. The highest BCUT2D eigenvalue weighted by molar-refractivity contribution is 5.93. The number of nitrogens with two attached hydrogens (primary N) is 1. The maximum absolute atomic E-state index is 13.1. The summed E-state index contributed by atoms with van der Waals surface area (Å²) in [5, 5.41) is 0. The molecule has 35 heavy (non-hydrogen) atoms. The third-order valence-electron chi connectivity index (χ3n) is 6.19. The van der Waals surface area contributed by atoms with Crippen molar-refractivity contribution in [2.75, 3.05) is 33.0 Å². The number of aromatic nitrogens is 2. The molecule has 1 aliphatic heterocycles. The number of alkyl halides is 3. The van der Waals surface area contributed by atoms with Gasteiger partial charge in [-0.05, 0) is 36.5 Å². The molecule has 0 unspecified atom stereocenters. The number of ether oxygens (including phenoxy) is 2. The second-order valence-corrected chi connectivity index (χ2v) is 8.26. The van der Waals surface area contributed by atoms with Crippen molar-refractivity contribution in [1.82, 2.24) is 14.9 Å². The lowest BCUT2D eigenvalue weighted by atomic mass is 9.89. The van der Waals surface area contributed by atoms with E-state index >= 15 is 0 Å². The molecule has 0 bridgehead atoms. The number of halogens is 3. The number of amides is 1. The zero-order chi connectivity index (χ0) is 25.2. The van der Waals surface area contributed by atoms with Gasteiger partial charge in [0.15, 0.2) is 0 Å². The molecule has 1 saturated heterocycles. The molecule has 10 heteroatoms. The first kappa shape index (κ1) is 24.3. The molecule has 184 valence electrons. The number of carbonyl (C=O) groups is 1. The fourth-order valence-corrected chi connectivity index (χ4v) is 4.28. The van der Waals surface area contributed by atoms with Crippen molar-refractivity contribution in [3.63, 3.8) is 0 Å². The third-order valence-corrected chi connectivity index (χ3v) is 6.19. The summed E-state index contributed by atoms with van der Waals surface area (Å²) in [5.41, 5.74) is 7.19. The summed E-state index contributed by atoms with van der Waals surface area (Å²) in [6, 6.07) is 7.94. The van der Waals surface area contributed by atoms with Crippen molar-refractivity contribution >= 4 is 11.7 Å². The number of carbonyl (C=O) groups excluding carboxylic acids is 1. The zero-order valence-electron chi connectivity index (χ0n) is 19.3. The molecule has 3 heterocycles. The Morgan fingerprint density at radius 3 is 2.26 bits per heavy atom. The van der Waals surface area contributed by atoms with Crippen LogP contribution < -0.4 is 15.2 Å². The second kappa shape index (κ2) is 9.81. The summed E-state index contributed by atoms with van der Waals surface area (Å²) in [4.78, 5) is 23.3. The van der Waals surface area contributed by atoms with Gasteiger partial charge in [0.1, 0.15) is 23.0 Å². The van der Waals surface area contributed by atoms with Gasteiger partial charge in [-0.2, -0.15) is 13.2 Å². The summed E-state index contributed by atoms with van der Waals surface area (Å²) >= 11 is 0. The largest absolute Gasteiger partial charge is 0.496 e. The van der Waals surface area contributed by atoms with Gasteiger partial charge in [-0.15, -0.1) is 0 Å². The Labute approximate surface area is 200 Å². The topological polar surface area (TPSA) is 90.6 Å². The summed E-state index contributed by atoms with van der Waals surface area (Å²) in [6.45, 7) is 1.06. The molecule has 0 radical (unpaired) electrons. The van der Waals surface area contributed by atoms with E-state index in [9.17, 15) is 18.0 Å². The number of nitrogen functional groups attached to an aromatic ring is 1. The van der Waals surface area contributed by atoms with Gasteiger partial charge in [-0.25, -0.2) is 4.98 Å². The average molecular weight is 486 g/mol. The molecule has 0 atom stereocenters. The van der Waals surface area contributed by atoms with Gasteiger partial charge < -0.3 is 20.1 Å². The molecule has 2 aromatic heterocycles. The second-order valence-electron chi connectivity index (χ2n) is 8.26. The SMILES string of the molecule is COc1cc(C(=O)N2CCC(c3cnc(N)cc3OC)CC2)ncc1-c1ccc(C(F)(F)F)cc1. The number of hydrogen-bond donors (Lipinski definition) is 1. The Kier molecular flexibility index (Phi) is 6.81. The van der Waals surface area contributed by atoms with Crippen LogP contribution in [-0.4, -0.2) is 48.1 Å². The normalized spacial score (nSPS) is 14.6. The average Bonchev–Trinajstić information content (AvgIpc) is 2.87. The molecule has 3 aromatic rings. The highest BCUT2D eigenvalue weighted by atomic mass is 19.4. The minimum atomic E-state index is -4.42. The Morgan fingerprint density at radius 2 is 1.66 bits per heavy atom. The molecule has 2 N–H and O–H groups in total. The van der Waals surface area contributed by atoms with Gasteiger partial charge >= 0.3 is 6.18 Å². The molecule has 1 fully saturated rings. The van der Waals surface area contributed by atoms with Crippen LogP contribution >= 0.6 is 0 Å². The Morgan fingerprint density at radius 1 is 1.00 bits per heavy atom. The van der Waals surface area contributed by atoms with E-state index in [2.05, 4.69) is 9.97 Å². The van der Waals surface area contributed by atoms with E-state index in [1.54, 1.807) is 24.3 Å². The smallest absolute Gasteiger partial charge is 0.416 e. The molecular formula is C25H25F3N4O3. The van der Waals surface area contributed by atoms with Crippen LogP contribution in [0.4, 0.5) is 19.0 Å². The summed E-state index contributed by atoms with van der Waals surface area (Å²) in [6.07, 6.45) is 0.220. The number of hydrogen-bond acceptors (Lipinski definition) is 6. The first-order valence-electron chi connectivity index (χ1n) is 11.0. The van der Waals surface area contributed by atoms with Crippen LogP contribution in [0.15, 0.2) is 48.8 Å². The predicted octanol–water partition coefficient (Wildman–Crippen LogP) is 4.78. The lowest BCUT2D eigenvalue weighted by molar-refractivity contribution is -0.137. The van der Waals surface area contributed by atoms with Crippen LogP contribution in [0.3, 0.4) is 0 Å². The van der Waals surface area contributed by atoms with Gasteiger partial charge in [0.25, 0.3) is 5.91 Å². The lowest BCUT2D eigenvalue weighted by Gasteiger charge is -2.32. The number of benzene rings is 1. The van der Waals surface area contributed by atoms with Crippen LogP contribution in [0.25, 0.3) is 11.1 Å². The molecule has 7 nitrogen and oxygen atoms in total. The summed E-state index contributed by atoms with van der Waals surface area (Å²) in [5.74, 6) is 1.39. The van der Waals surface area contributed by atoms with E-state index in [4.69, 9.17) is 15.2 Å². The van der Waals surface area contributed by atoms with E-state index < -0.39 is 11.7 Å². The molecule has 0 saturated carbocycles. The molecular weight excluding hydrogens is 461 g/mol. The van der Waals surface area contributed by atoms with E-state index in [0.717, 1.165) is 30.5 Å². The first-order chi connectivity index (χ1) is 16.7. The Bertz CT molecular complexity index is 1210. The van der Waals surface area contributed by atoms with Crippen LogP contribution in [0.2, 0.25) is 0 Å². The molecule has 0 spiro atoms. The van der Waals surface area contributed by atoms with Crippen LogP contribution in [0.1, 0.15) is 40.4 Å².